The second kappa shape index (κ2) is 7.08. The highest BCUT2D eigenvalue weighted by atomic mass is 31.3. The molecule has 0 amide bonds. The smallest absolute Gasteiger partial charge is 0.355 e. The quantitative estimate of drug-likeness (QED) is 0.454. The number of rotatable bonds is 6. The molecule has 0 aliphatic carbocycles. The van der Waals surface area contributed by atoms with Crippen LogP contribution in [0.1, 0.15) is 0 Å². The average Bonchev–Trinajstić information content (AvgIpc) is 3.05. The van der Waals surface area contributed by atoms with E-state index in [4.69, 9.17) is 9.79 Å². The van der Waals surface area contributed by atoms with Gasteiger partial charge < -0.3 is 20.0 Å². The van der Waals surface area contributed by atoms with Gasteiger partial charge in [-0.15, -0.1) is 5.10 Å². The molecule has 0 aliphatic heterocycles. The normalized spacial score (nSPS) is 14.0. The number of hydrogen-bond donors (Lipinski definition) is 4. The Bertz CT molecular complexity index is 1010. The molecule has 3 aromatic rings. The van der Waals surface area contributed by atoms with Crippen LogP contribution in [0.4, 0.5) is 11.4 Å². The number of nitrogens with one attached hydrogen (secondary N) is 1. The first kappa shape index (κ1) is 18.4. The lowest BCUT2D eigenvalue weighted by Crippen LogP contribution is -2.00. The third-order valence-electron chi connectivity index (χ3n) is 3.08. The SMILES string of the molecule is O=P(O)(O)OP(=O)(O)n1cnc(-c2ccccc2Nc2ccncc2)n1. The molecule has 1 atom stereocenters. The Kier molecular flexibility index (Phi) is 5.01. The third-order valence-corrected chi connectivity index (χ3v) is 5.49. The van der Waals surface area contributed by atoms with Crippen LogP contribution in [-0.4, -0.2) is 34.2 Å². The number of phosphoric acid groups is 1. The zero-order valence-electron chi connectivity index (χ0n) is 12.9. The van der Waals surface area contributed by atoms with Gasteiger partial charge in [-0.1, -0.05) is 12.1 Å². The van der Waals surface area contributed by atoms with Crippen molar-refractivity contribution < 1.29 is 28.1 Å². The molecule has 4 N–H and O–H groups in total. The molecule has 1 aromatic carbocycles. The summed E-state index contributed by atoms with van der Waals surface area (Å²) in [6.07, 6.45) is 4.08. The molecule has 0 fully saturated rings. The number of hydrogen-bond acceptors (Lipinski definition) is 7. The van der Waals surface area contributed by atoms with E-state index in [1.165, 1.54) is 0 Å². The van der Waals surface area contributed by atoms with Gasteiger partial charge in [0.2, 0.25) is 0 Å². The molecule has 1 unspecified atom stereocenters. The molecular weight excluding hydrogens is 384 g/mol. The monoisotopic (exact) mass is 397 g/mol. The standard InChI is InChI=1S/C13H13N5O6P2/c19-25(20,24-26(21,22)23)18-9-15-13(17-18)11-3-1-2-4-12(11)16-10-5-7-14-8-6-10/h1-9H,(H,14,16)(H,19,20)(H2,21,22,23). The first-order chi connectivity index (χ1) is 12.2. The molecule has 0 saturated heterocycles. The topological polar surface area (TPSA) is 160 Å². The lowest BCUT2D eigenvalue weighted by Gasteiger charge is -2.11. The molecule has 3 rings (SSSR count). The van der Waals surface area contributed by atoms with Crippen molar-refractivity contribution in [2.24, 2.45) is 0 Å². The maximum absolute atomic E-state index is 11.9. The Balaban J connectivity index is 1.93. The minimum atomic E-state index is -5.19. The van der Waals surface area contributed by atoms with Gasteiger partial charge in [-0.25, -0.2) is 14.1 Å². The summed E-state index contributed by atoms with van der Waals surface area (Å²) in [5.41, 5.74) is 1.86. The van der Waals surface area contributed by atoms with E-state index >= 15 is 0 Å². The van der Waals surface area contributed by atoms with E-state index in [-0.39, 0.29) is 5.82 Å². The fraction of sp³-hybridized carbons (Fsp3) is 0. The van der Waals surface area contributed by atoms with E-state index in [1.54, 1.807) is 48.8 Å². The van der Waals surface area contributed by atoms with Crippen molar-refractivity contribution in [1.29, 1.82) is 0 Å². The van der Waals surface area contributed by atoms with Crippen molar-refractivity contribution in [3.63, 3.8) is 0 Å². The number of nitrogens with zero attached hydrogens (tertiary/aromatic N) is 4. The third kappa shape index (κ3) is 4.41. The summed E-state index contributed by atoms with van der Waals surface area (Å²) in [4.78, 5) is 35.0. The molecule has 0 bridgehead atoms. The van der Waals surface area contributed by atoms with Crippen molar-refractivity contribution in [2.75, 3.05) is 5.32 Å². The molecule has 0 aliphatic rings. The largest absolute Gasteiger partial charge is 0.478 e. The van der Waals surface area contributed by atoms with Gasteiger partial charge in [0, 0.05) is 29.3 Å². The summed E-state index contributed by atoms with van der Waals surface area (Å²) in [5.74, 6) is 0.0609. The van der Waals surface area contributed by atoms with E-state index in [2.05, 4.69) is 24.7 Å². The Labute approximate surface area is 147 Å². The zero-order valence-corrected chi connectivity index (χ0v) is 14.7. The molecule has 136 valence electrons. The Morgan fingerprint density at radius 2 is 1.73 bits per heavy atom. The number of pyridine rings is 1. The minimum absolute atomic E-state index is 0.0609. The molecule has 0 saturated carbocycles. The van der Waals surface area contributed by atoms with Gasteiger partial charge in [0.05, 0.1) is 0 Å². The zero-order chi connectivity index (χ0) is 18.8. The number of anilines is 2. The second-order valence-corrected chi connectivity index (χ2v) is 7.98. The van der Waals surface area contributed by atoms with E-state index in [0.717, 1.165) is 12.0 Å². The fourth-order valence-electron chi connectivity index (χ4n) is 2.05. The summed E-state index contributed by atoms with van der Waals surface area (Å²) >= 11 is 0. The van der Waals surface area contributed by atoms with Gasteiger partial charge in [0.25, 0.3) is 0 Å². The fourth-order valence-corrected chi connectivity index (χ4v) is 3.84. The second-order valence-electron chi connectivity index (χ2n) is 4.96. The molecule has 0 radical (unpaired) electrons. The number of aromatic nitrogens is 4. The van der Waals surface area contributed by atoms with Gasteiger partial charge in [-0.2, -0.15) is 8.76 Å². The highest BCUT2D eigenvalue weighted by molar-refractivity contribution is 7.62. The van der Waals surface area contributed by atoms with E-state index in [0.29, 0.717) is 15.7 Å². The van der Waals surface area contributed by atoms with E-state index in [1.807, 2.05) is 0 Å². The van der Waals surface area contributed by atoms with Crippen molar-refractivity contribution in [2.45, 2.75) is 0 Å². The van der Waals surface area contributed by atoms with Crippen molar-refractivity contribution in [3.05, 3.63) is 55.1 Å². The summed E-state index contributed by atoms with van der Waals surface area (Å²) in [6, 6.07) is 10.4. The lowest BCUT2D eigenvalue weighted by molar-refractivity contribution is 0.258. The average molecular weight is 397 g/mol. The predicted molar refractivity (Wildman–Crippen MR) is 91.3 cm³/mol. The van der Waals surface area contributed by atoms with Crippen LogP contribution in [-0.2, 0) is 13.4 Å². The van der Waals surface area contributed by atoms with E-state index in [9.17, 15) is 14.0 Å². The summed E-state index contributed by atoms with van der Waals surface area (Å²) in [6.45, 7) is 0. The highest BCUT2D eigenvalue weighted by Gasteiger charge is 2.34. The van der Waals surface area contributed by atoms with Gasteiger partial charge >= 0.3 is 15.6 Å². The van der Waals surface area contributed by atoms with Crippen molar-refractivity contribution in [3.8, 4) is 11.4 Å². The minimum Gasteiger partial charge on any atom is -0.355 e. The molecule has 2 aromatic heterocycles. The van der Waals surface area contributed by atoms with Crippen LogP contribution in [0, 0.1) is 0 Å². The molecule has 11 nitrogen and oxygen atoms in total. The molecular formula is C13H13N5O6P2. The maximum atomic E-state index is 11.9. The van der Waals surface area contributed by atoms with Crippen LogP contribution in [0.25, 0.3) is 11.4 Å². The molecule has 0 spiro atoms. The van der Waals surface area contributed by atoms with Crippen LogP contribution in [0.5, 0.6) is 0 Å². The molecule has 13 heteroatoms. The van der Waals surface area contributed by atoms with Gasteiger partial charge in [0.1, 0.15) is 6.33 Å². The lowest BCUT2D eigenvalue weighted by atomic mass is 10.1. The van der Waals surface area contributed by atoms with Crippen LogP contribution >= 0.6 is 15.6 Å². The summed E-state index contributed by atoms with van der Waals surface area (Å²) in [5, 5.41) is 6.95. The predicted octanol–water partition coefficient (Wildman–Crippen LogP) is 2.14. The summed E-state index contributed by atoms with van der Waals surface area (Å²) < 4.78 is 27.0. The maximum Gasteiger partial charge on any atom is 0.478 e. The molecule has 26 heavy (non-hydrogen) atoms. The van der Waals surface area contributed by atoms with Gasteiger partial charge in [-0.3, -0.25) is 4.98 Å². The van der Waals surface area contributed by atoms with Crippen LogP contribution < -0.4 is 5.32 Å². The van der Waals surface area contributed by atoms with Crippen molar-refractivity contribution in [1.82, 2.24) is 19.5 Å². The Morgan fingerprint density at radius 3 is 2.42 bits per heavy atom. The van der Waals surface area contributed by atoms with Gasteiger partial charge in [-0.05, 0) is 24.3 Å². The first-order valence-corrected chi connectivity index (χ1v) is 10.1. The van der Waals surface area contributed by atoms with Gasteiger partial charge in [0.15, 0.2) is 5.82 Å². The highest BCUT2D eigenvalue weighted by Crippen LogP contribution is 2.57. The Morgan fingerprint density at radius 1 is 1.04 bits per heavy atom. The van der Waals surface area contributed by atoms with Crippen LogP contribution in [0.3, 0.4) is 0 Å². The number of para-hydroxylation sites is 1. The molecule has 2 heterocycles. The van der Waals surface area contributed by atoms with Crippen LogP contribution in [0.15, 0.2) is 55.1 Å². The van der Waals surface area contributed by atoms with E-state index < -0.39 is 15.6 Å². The van der Waals surface area contributed by atoms with Crippen LogP contribution in [0.2, 0.25) is 0 Å². The Hall–Kier alpha value is -2.39. The van der Waals surface area contributed by atoms with Crippen molar-refractivity contribution >= 4 is 26.9 Å². The first-order valence-electron chi connectivity index (χ1n) is 7.03. The number of benzene rings is 1. The summed E-state index contributed by atoms with van der Waals surface area (Å²) in [7, 11) is -10.1.